The number of imidazole rings is 1. The van der Waals surface area contributed by atoms with Gasteiger partial charge in [0.15, 0.2) is 17.4 Å². The second-order valence-electron chi connectivity index (χ2n) is 5.82. The molecular formula is C17H15F4N5O. The molecule has 0 aliphatic carbocycles. The van der Waals surface area contributed by atoms with Gasteiger partial charge in [0.05, 0.1) is 0 Å². The van der Waals surface area contributed by atoms with Crippen molar-refractivity contribution in [1.82, 2.24) is 19.7 Å². The third-order valence-corrected chi connectivity index (χ3v) is 3.97. The van der Waals surface area contributed by atoms with Gasteiger partial charge in [-0.3, -0.25) is 9.20 Å². The Morgan fingerprint density at radius 2 is 1.89 bits per heavy atom. The summed E-state index contributed by atoms with van der Waals surface area (Å²) in [7, 11) is 1.63. The zero-order valence-corrected chi connectivity index (χ0v) is 14.3. The highest BCUT2D eigenvalue weighted by atomic mass is 19.4. The Balaban J connectivity index is 1.98. The first-order chi connectivity index (χ1) is 12.7. The van der Waals surface area contributed by atoms with E-state index in [2.05, 4.69) is 15.3 Å². The summed E-state index contributed by atoms with van der Waals surface area (Å²) in [6, 6.07) is 3.14. The molecule has 0 spiro atoms. The number of alkyl halides is 3. The van der Waals surface area contributed by atoms with E-state index in [1.807, 2.05) is 5.32 Å². The van der Waals surface area contributed by atoms with Gasteiger partial charge < -0.3 is 10.6 Å². The van der Waals surface area contributed by atoms with Gasteiger partial charge >= 0.3 is 6.18 Å². The number of hydrogen-bond donors (Lipinski definition) is 2. The van der Waals surface area contributed by atoms with E-state index in [0.717, 1.165) is 24.3 Å². The molecule has 1 atom stereocenters. The third-order valence-electron chi connectivity index (χ3n) is 3.97. The first-order valence-corrected chi connectivity index (χ1v) is 7.86. The molecule has 0 saturated carbocycles. The van der Waals surface area contributed by atoms with E-state index in [4.69, 9.17) is 0 Å². The maximum atomic E-state index is 13.4. The lowest BCUT2D eigenvalue weighted by molar-refractivity contribution is -0.155. The van der Waals surface area contributed by atoms with Gasteiger partial charge in [0.1, 0.15) is 18.0 Å². The van der Waals surface area contributed by atoms with Crippen LogP contribution in [0.4, 0.5) is 23.4 Å². The number of nitrogens with zero attached hydrogens (tertiary/aromatic N) is 3. The smallest absolute Gasteiger partial charge is 0.373 e. The maximum Gasteiger partial charge on any atom is 0.412 e. The number of benzene rings is 1. The summed E-state index contributed by atoms with van der Waals surface area (Å²) in [4.78, 5) is 20.6. The van der Waals surface area contributed by atoms with Crippen LogP contribution in [0.25, 0.3) is 5.65 Å². The van der Waals surface area contributed by atoms with Crippen molar-refractivity contribution in [2.24, 2.45) is 0 Å². The van der Waals surface area contributed by atoms with E-state index in [1.165, 1.54) is 10.7 Å². The molecule has 1 amide bonds. The van der Waals surface area contributed by atoms with Gasteiger partial charge in [-0.15, -0.1) is 0 Å². The van der Waals surface area contributed by atoms with Crippen molar-refractivity contribution in [3.63, 3.8) is 0 Å². The zero-order chi connectivity index (χ0) is 19.8. The third kappa shape index (κ3) is 3.69. The van der Waals surface area contributed by atoms with Gasteiger partial charge in [-0.25, -0.2) is 14.4 Å². The summed E-state index contributed by atoms with van der Waals surface area (Å²) < 4.78 is 54.9. The Morgan fingerprint density at radius 1 is 1.22 bits per heavy atom. The van der Waals surface area contributed by atoms with Crippen molar-refractivity contribution in [2.45, 2.75) is 19.1 Å². The fourth-order valence-corrected chi connectivity index (χ4v) is 2.62. The van der Waals surface area contributed by atoms with Crippen LogP contribution in [0, 0.1) is 12.7 Å². The van der Waals surface area contributed by atoms with Gasteiger partial charge in [-0.2, -0.15) is 13.2 Å². The fraction of sp³-hybridized carbons (Fsp3) is 0.235. The van der Waals surface area contributed by atoms with Crippen LogP contribution in [0.2, 0.25) is 0 Å². The molecule has 6 nitrogen and oxygen atoms in total. The number of halogens is 4. The molecule has 142 valence electrons. The summed E-state index contributed by atoms with van der Waals surface area (Å²) in [6.07, 6.45) is -3.46. The highest BCUT2D eigenvalue weighted by Gasteiger charge is 2.42. The van der Waals surface area contributed by atoms with E-state index in [-0.39, 0.29) is 16.9 Å². The molecule has 1 unspecified atom stereocenters. The van der Waals surface area contributed by atoms with Crippen LogP contribution in [-0.4, -0.2) is 33.5 Å². The van der Waals surface area contributed by atoms with Gasteiger partial charge in [-0.05, 0) is 24.6 Å². The summed E-state index contributed by atoms with van der Waals surface area (Å²) in [5.74, 6) is -1.27. The van der Waals surface area contributed by atoms with Crippen molar-refractivity contribution in [2.75, 3.05) is 12.4 Å². The minimum absolute atomic E-state index is 0.122. The standard InChI is InChI=1S/C17H15F4N5O/c1-9-7-12(22-2)24-15-13(23-8-26(9)15)16(27)25-14(17(19,20)21)10-3-5-11(18)6-4-10/h3-8,14H,1-2H3,(H,22,24)(H,25,27). The highest BCUT2D eigenvalue weighted by molar-refractivity contribution is 5.98. The van der Waals surface area contributed by atoms with Gasteiger partial charge in [0, 0.05) is 18.8 Å². The van der Waals surface area contributed by atoms with Crippen LogP contribution < -0.4 is 10.6 Å². The number of carbonyl (C=O) groups is 1. The Morgan fingerprint density at radius 3 is 2.48 bits per heavy atom. The van der Waals surface area contributed by atoms with Gasteiger partial charge in [0.2, 0.25) is 0 Å². The molecule has 0 bridgehead atoms. The predicted octanol–water partition coefficient (Wildman–Crippen LogP) is 3.25. The van der Waals surface area contributed by atoms with Gasteiger partial charge in [0.25, 0.3) is 5.91 Å². The second-order valence-corrected chi connectivity index (χ2v) is 5.82. The lowest BCUT2D eigenvalue weighted by Gasteiger charge is -2.21. The van der Waals surface area contributed by atoms with Crippen molar-refractivity contribution >= 4 is 17.4 Å². The molecule has 0 aliphatic rings. The van der Waals surface area contributed by atoms with Crippen molar-refractivity contribution < 1.29 is 22.4 Å². The number of amides is 1. The van der Waals surface area contributed by atoms with Crippen LogP contribution in [0.15, 0.2) is 36.7 Å². The van der Waals surface area contributed by atoms with Crippen LogP contribution in [0.3, 0.4) is 0 Å². The summed E-state index contributed by atoms with van der Waals surface area (Å²) in [5, 5.41) is 4.73. The average Bonchev–Trinajstić information content (AvgIpc) is 3.04. The van der Waals surface area contributed by atoms with Crippen LogP contribution >= 0.6 is 0 Å². The number of aromatic nitrogens is 3. The van der Waals surface area contributed by atoms with Crippen molar-refractivity contribution in [3.8, 4) is 0 Å². The topological polar surface area (TPSA) is 71.3 Å². The molecule has 2 aromatic heterocycles. The first-order valence-electron chi connectivity index (χ1n) is 7.86. The Bertz CT molecular complexity index is 981. The van der Waals surface area contributed by atoms with Crippen LogP contribution in [-0.2, 0) is 0 Å². The summed E-state index contributed by atoms with van der Waals surface area (Å²) in [6.45, 7) is 1.75. The molecule has 0 fully saturated rings. The molecule has 3 aromatic rings. The van der Waals surface area contributed by atoms with E-state index in [0.29, 0.717) is 11.5 Å². The average molecular weight is 381 g/mol. The van der Waals surface area contributed by atoms with E-state index >= 15 is 0 Å². The zero-order valence-electron chi connectivity index (χ0n) is 14.3. The Labute approximate surface area is 151 Å². The summed E-state index contributed by atoms with van der Waals surface area (Å²) in [5.41, 5.74) is 0.283. The first kappa shape index (κ1) is 18.6. The number of anilines is 1. The van der Waals surface area contributed by atoms with E-state index in [9.17, 15) is 22.4 Å². The maximum absolute atomic E-state index is 13.4. The van der Waals surface area contributed by atoms with Crippen LogP contribution in [0.1, 0.15) is 27.8 Å². The number of carbonyl (C=O) groups excluding carboxylic acids is 1. The van der Waals surface area contributed by atoms with Gasteiger partial charge in [-0.1, -0.05) is 12.1 Å². The molecule has 27 heavy (non-hydrogen) atoms. The number of fused-ring (bicyclic) bond motifs is 1. The van der Waals surface area contributed by atoms with Crippen molar-refractivity contribution in [3.05, 3.63) is 59.4 Å². The molecule has 3 rings (SSSR count). The lowest BCUT2D eigenvalue weighted by atomic mass is 10.1. The summed E-state index contributed by atoms with van der Waals surface area (Å²) >= 11 is 0. The fourth-order valence-electron chi connectivity index (χ4n) is 2.62. The van der Waals surface area contributed by atoms with Crippen LogP contribution in [0.5, 0.6) is 0 Å². The lowest BCUT2D eigenvalue weighted by Crippen LogP contribution is -2.38. The normalized spacial score (nSPS) is 12.8. The largest absolute Gasteiger partial charge is 0.412 e. The second kappa shape index (κ2) is 6.86. The number of rotatable bonds is 4. The molecule has 0 radical (unpaired) electrons. The van der Waals surface area contributed by atoms with E-state index in [1.54, 1.807) is 20.0 Å². The molecule has 2 heterocycles. The molecule has 0 aliphatic heterocycles. The quantitative estimate of drug-likeness (QED) is 0.681. The monoisotopic (exact) mass is 381 g/mol. The minimum Gasteiger partial charge on any atom is -0.373 e. The SMILES string of the molecule is CNc1cc(C)n2cnc(C(=O)NC(c3ccc(F)cc3)C(F)(F)F)c2n1. The van der Waals surface area contributed by atoms with Crippen molar-refractivity contribution in [1.29, 1.82) is 0 Å². The Kier molecular flexibility index (Phi) is 4.73. The number of aryl methyl sites for hydroxylation is 1. The Hall–Kier alpha value is -3.17. The number of hydrogen-bond acceptors (Lipinski definition) is 4. The van der Waals surface area contributed by atoms with E-state index < -0.39 is 23.9 Å². The minimum atomic E-state index is -4.78. The molecule has 2 N–H and O–H groups in total. The highest BCUT2D eigenvalue weighted by Crippen LogP contribution is 2.33. The predicted molar refractivity (Wildman–Crippen MR) is 89.9 cm³/mol. The molecular weight excluding hydrogens is 366 g/mol. The molecule has 10 heteroatoms. The number of nitrogens with one attached hydrogen (secondary N) is 2. The molecule has 1 aromatic carbocycles. The molecule has 0 saturated heterocycles.